The van der Waals surface area contributed by atoms with Crippen molar-refractivity contribution in [1.29, 1.82) is 0 Å². The zero-order chi connectivity index (χ0) is 14.2. The highest BCUT2D eigenvalue weighted by Crippen LogP contribution is 2.21. The minimum absolute atomic E-state index is 0.616. The van der Waals surface area contributed by atoms with Crippen LogP contribution in [0, 0.1) is 6.92 Å². The second-order valence-electron chi connectivity index (χ2n) is 4.60. The van der Waals surface area contributed by atoms with Crippen LogP contribution in [0.4, 0.5) is 0 Å². The number of rotatable bonds is 4. The van der Waals surface area contributed by atoms with Crippen LogP contribution in [0.3, 0.4) is 0 Å². The Hall–Kier alpha value is -1.92. The van der Waals surface area contributed by atoms with Gasteiger partial charge in [0.15, 0.2) is 0 Å². The van der Waals surface area contributed by atoms with E-state index in [1.165, 1.54) is 0 Å². The summed E-state index contributed by atoms with van der Waals surface area (Å²) in [6.07, 6.45) is 0. The molecular formula is C13H18N4O2. The molecule has 0 radical (unpaired) electrons. The average molecular weight is 262 g/mol. The largest absolute Gasteiger partial charge is 0.480 e. The van der Waals surface area contributed by atoms with Crippen LogP contribution in [0.1, 0.15) is 17.4 Å². The van der Waals surface area contributed by atoms with Gasteiger partial charge in [-0.3, -0.25) is 4.79 Å². The summed E-state index contributed by atoms with van der Waals surface area (Å²) in [5.74, 6) is -0.0589. The highest BCUT2D eigenvalue weighted by molar-refractivity contribution is 5.78. The van der Waals surface area contributed by atoms with Gasteiger partial charge in [-0.25, -0.2) is 4.98 Å². The van der Waals surface area contributed by atoms with E-state index in [0.717, 1.165) is 22.4 Å². The Kier molecular flexibility index (Phi) is 3.55. The molecular weight excluding hydrogens is 244 g/mol. The third-order valence-electron chi connectivity index (χ3n) is 3.45. The molecule has 102 valence electrons. The Bertz CT molecular complexity index is 620. The van der Waals surface area contributed by atoms with Crippen LogP contribution in [0.15, 0.2) is 18.2 Å². The first-order valence-electron chi connectivity index (χ1n) is 6.04. The van der Waals surface area contributed by atoms with Crippen molar-refractivity contribution < 1.29 is 9.90 Å². The monoisotopic (exact) mass is 262 g/mol. The quantitative estimate of drug-likeness (QED) is 0.748. The first-order valence-corrected chi connectivity index (χ1v) is 6.04. The van der Waals surface area contributed by atoms with Gasteiger partial charge in [0.05, 0.1) is 17.1 Å². The molecule has 6 nitrogen and oxygen atoms in total. The lowest BCUT2D eigenvalue weighted by molar-refractivity contribution is -0.139. The van der Waals surface area contributed by atoms with Crippen LogP contribution in [-0.4, -0.2) is 33.7 Å². The van der Waals surface area contributed by atoms with E-state index in [2.05, 4.69) is 10.3 Å². The van der Waals surface area contributed by atoms with Crippen molar-refractivity contribution in [3.8, 4) is 0 Å². The zero-order valence-electron chi connectivity index (χ0n) is 11.2. The summed E-state index contributed by atoms with van der Waals surface area (Å²) in [6.45, 7) is 1.92. The number of carboxylic acids is 1. The smallest absolute Gasteiger partial charge is 0.322 e. The lowest BCUT2D eigenvalue weighted by Gasteiger charge is -2.19. The third-order valence-corrected chi connectivity index (χ3v) is 3.45. The topological polar surface area (TPSA) is 93.2 Å². The molecule has 2 atom stereocenters. The Labute approximate surface area is 111 Å². The lowest BCUT2D eigenvalue weighted by atomic mass is 10.00. The number of aromatic nitrogens is 2. The maximum atomic E-state index is 11.1. The predicted octanol–water partition coefficient (Wildman–Crippen LogP) is 0.554. The van der Waals surface area contributed by atoms with Crippen molar-refractivity contribution in [2.45, 2.75) is 19.0 Å². The number of benzene rings is 1. The minimum atomic E-state index is -0.965. The van der Waals surface area contributed by atoms with Crippen molar-refractivity contribution in [2.75, 3.05) is 7.05 Å². The van der Waals surface area contributed by atoms with Crippen LogP contribution in [0.25, 0.3) is 11.0 Å². The molecule has 0 amide bonds. The summed E-state index contributed by atoms with van der Waals surface area (Å²) in [5.41, 5.74) is 8.60. The molecule has 2 aromatic rings. The minimum Gasteiger partial charge on any atom is -0.480 e. The third kappa shape index (κ3) is 2.32. The van der Waals surface area contributed by atoms with Gasteiger partial charge in [-0.2, -0.15) is 0 Å². The molecule has 6 heteroatoms. The zero-order valence-corrected chi connectivity index (χ0v) is 11.2. The highest BCUT2D eigenvalue weighted by Gasteiger charge is 2.25. The number of carboxylic acid groups (broad SMARTS) is 1. The summed E-state index contributed by atoms with van der Waals surface area (Å²) in [4.78, 5) is 15.5. The Morgan fingerprint density at radius 3 is 2.79 bits per heavy atom. The van der Waals surface area contributed by atoms with E-state index in [0.29, 0.717) is 0 Å². The number of fused-ring (bicyclic) bond motifs is 1. The molecule has 1 aromatic carbocycles. The molecule has 2 rings (SSSR count). The molecule has 0 aliphatic heterocycles. The van der Waals surface area contributed by atoms with E-state index in [4.69, 9.17) is 10.8 Å². The van der Waals surface area contributed by atoms with E-state index in [1.807, 2.05) is 36.7 Å². The van der Waals surface area contributed by atoms with Crippen molar-refractivity contribution in [2.24, 2.45) is 12.8 Å². The lowest BCUT2D eigenvalue weighted by Crippen LogP contribution is -2.43. The van der Waals surface area contributed by atoms with Gasteiger partial charge < -0.3 is 20.7 Å². The van der Waals surface area contributed by atoms with Crippen LogP contribution < -0.4 is 11.1 Å². The summed E-state index contributed by atoms with van der Waals surface area (Å²) < 4.78 is 1.98. The average Bonchev–Trinajstić information content (AvgIpc) is 2.65. The fourth-order valence-electron chi connectivity index (χ4n) is 2.19. The Morgan fingerprint density at radius 2 is 2.21 bits per heavy atom. The van der Waals surface area contributed by atoms with Crippen LogP contribution in [0.2, 0.25) is 0 Å². The van der Waals surface area contributed by atoms with E-state index in [-0.39, 0.29) is 0 Å². The van der Waals surface area contributed by atoms with Crippen LogP contribution in [0.5, 0.6) is 0 Å². The van der Waals surface area contributed by atoms with Gasteiger partial charge in [-0.1, -0.05) is 6.07 Å². The first-order chi connectivity index (χ1) is 8.95. The molecule has 0 aliphatic rings. The maximum Gasteiger partial charge on any atom is 0.322 e. The number of nitrogens with one attached hydrogen (secondary N) is 1. The highest BCUT2D eigenvalue weighted by atomic mass is 16.4. The molecule has 0 saturated heterocycles. The number of carbonyl (C=O) groups is 1. The van der Waals surface area contributed by atoms with E-state index in [9.17, 15) is 4.79 Å². The fourth-order valence-corrected chi connectivity index (χ4v) is 2.19. The van der Waals surface area contributed by atoms with Gasteiger partial charge in [-0.05, 0) is 31.7 Å². The molecule has 0 aliphatic carbocycles. The number of hydrogen-bond donors (Lipinski definition) is 3. The molecule has 0 bridgehead atoms. The SMILES string of the molecule is CNC(C(=O)O)C(N)c1ccc2c(c1)nc(C)n2C. The van der Waals surface area contributed by atoms with Crippen LogP contribution in [-0.2, 0) is 11.8 Å². The summed E-state index contributed by atoms with van der Waals surface area (Å²) in [7, 11) is 3.53. The second-order valence-corrected chi connectivity index (χ2v) is 4.60. The number of likely N-dealkylation sites (N-methyl/N-ethyl adjacent to an activating group) is 1. The Balaban J connectivity index is 2.43. The summed E-state index contributed by atoms with van der Waals surface area (Å²) in [6, 6.07) is 4.18. The van der Waals surface area contributed by atoms with Crippen molar-refractivity contribution >= 4 is 17.0 Å². The molecule has 0 spiro atoms. The number of nitrogens with two attached hydrogens (primary N) is 1. The first kappa shape index (κ1) is 13.5. The number of aryl methyl sites for hydroxylation is 2. The number of hydrogen-bond acceptors (Lipinski definition) is 4. The standard InChI is InChI=1S/C13H18N4O2/c1-7-16-9-6-8(4-5-10(9)17(7)3)11(14)12(15-2)13(18)19/h4-6,11-12,15H,14H2,1-3H3,(H,18,19). The van der Waals surface area contributed by atoms with Gasteiger partial charge in [0.25, 0.3) is 0 Å². The number of imidazole rings is 1. The van der Waals surface area contributed by atoms with Crippen LogP contribution >= 0.6 is 0 Å². The molecule has 0 fully saturated rings. The molecule has 2 unspecified atom stereocenters. The summed E-state index contributed by atoms with van der Waals surface area (Å²) >= 11 is 0. The van der Waals surface area contributed by atoms with Crippen molar-refractivity contribution in [3.05, 3.63) is 29.6 Å². The van der Waals surface area contributed by atoms with Gasteiger partial charge in [0, 0.05) is 7.05 Å². The normalized spacial score (nSPS) is 14.5. The van der Waals surface area contributed by atoms with E-state index < -0.39 is 18.1 Å². The second kappa shape index (κ2) is 4.99. The molecule has 0 saturated carbocycles. The number of nitrogens with zero attached hydrogens (tertiary/aromatic N) is 2. The van der Waals surface area contributed by atoms with E-state index in [1.54, 1.807) is 7.05 Å². The fraction of sp³-hybridized carbons (Fsp3) is 0.385. The van der Waals surface area contributed by atoms with Gasteiger partial charge in [0.2, 0.25) is 0 Å². The molecule has 1 heterocycles. The predicted molar refractivity (Wildman–Crippen MR) is 72.9 cm³/mol. The van der Waals surface area contributed by atoms with Crippen molar-refractivity contribution in [3.63, 3.8) is 0 Å². The summed E-state index contributed by atoms with van der Waals surface area (Å²) in [5, 5.41) is 11.8. The maximum absolute atomic E-state index is 11.1. The van der Waals surface area contributed by atoms with Gasteiger partial charge in [0.1, 0.15) is 11.9 Å². The Morgan fingerprint density at radius 1 is 1.53 bits per heavy atom. The number of aliphatic carboxylic acids is 1. The van der Waals surface area contributed by atoms with Gasteiger partial charge in [-0.15, -0.1) is 0 Å². The molecule has 19 heavy (non-hydrogen) atoms. The molecule has 1 aromatic heterocycles. The van der Waals surface area contributed by atoms with E-state index >= 15 is 0 Å². The van der Waals surface area contributed by atoms with Gasteiger partial charge >= 0.3 is 5.97 Å². The molecule has 4 N–H and O–H groups in total. The van der Waals surface area contributed by atoms with Crippen molar-refractivity contribution in [1.82, 2.24) is 14.9 Å².